The van der Waals surface area contributed by atoms with E-state index in [1.165, 1.54) is 0 Å². The first-order valence-electron chi connectivity index (χ1n) is 3.29. The molecule has 12 heavy (non-hydrogen) atoms. The van der Waals surface area contributed by atoms with Gasteiger partial charge in [0.1, 0.15) is 12.0 Å². The molecule has 2 rings (SSSR count). The zero-order valence-corrected chi connectivity index (χ0v) is 6.03. The van der Waals surface area contributed by atoms with E-state index in [1.807, 2.05) is 0 Å². The fourth-order valence-electron chi connectivity index (χ4n) is 0.944. The molecular weight excluding hydrogens is 158 g/mol. The Bertz CT molecular complexity index is 477. The summed E-state index contributed by atoms with van der Waals surface area (Å²) in [7, 11) is 0. The number of hydrogen-bond donors (Lipinski definition) is 2. The molecule has 0 saturated carbocycles. The summed E-state index contributed by atoms with van der Waals surface area (Å²) in [6.45, 7) is 0. The number of aromatic nitrogens is 4. The maximum absolute atomic E-state index is 10.8. The van der Waals surface area contributed by atoms with Crippen LogP contribution in [-0.4, -0.2) is 15.0 Å². The van der Waals surface area contributed by atoms with Gasteiger partial charge < -0.3 is 5.73 Å². The number of nitrogens with one attached hydrogen (secondary N) is 2. The maximum atomic E-state index is 10.8. The van der Waals surface area contributed by atoms with Gasteiger partial charge in [0, 0.05) is 4.98 Å². The number of nitrogens with zero attached hydrogens (tertiary/aromatic N) is 2. The molecular formula is C6H6N5O+. The van der Waals surface area contributed by atoms with Gasteiger partial charge in [0.05, 0.1) is 6.20 Å². The Morgan fingerprint density at radius 2 is 2.42 bits per heavy atom. The molecule has 0 bridgehead atoms. The van der Waals surface area contributed by atoms with Crippen LogP contribution in [0.25, 0.3) is 11.2 Å². The van der Waals surface area contributed by atoms with Gasteiger partial charge in [-0.1, -0.05) is 0 Å². The minimum absolute atomic E-state index is 0.224. The predicted molar refractivity (Wildman–Crippen MR) is 41.1 cm³/mol. The lowest BCUT2D eigenvalue weighted by Crippen LogP contribution is -2.18. The molecule has 2 aromatic heterocycles. The van der Waals surface area contributed by atoms with Crippen LogP contribution in [0.3, 0.4) is 0 Å². The highest BCUT2D eigenvalue weighted by Gasteiger charge is 2.09. The van der Waals surface area contributed by atoms with Gasteiger partial charge in [0.2, 0.25) is 0 Å². The van der Waals surface area contributed by atoms with E-state index in [0.29, 0.717) is 11.2 Å². The van der Waals surface area contributed by atoms with Gasteiger partial charge in [-0.25, -0.2) is 14.8 Å². The lowest BCUT2D eigenvalue weighted by Gasteiger charge is -1.90. The van der Waals surface area contributed by atoms with E-state index in [-0.39, 0.29) is 5.82 Å². The van der Waals surface area contributed by atoms with Crippen molar-refractivity contribution in [1.29, 1.82) is 0 Å². The number of fused-ring (bicyclic) bond motifs is 1. The zero-order valence-electron chi connectivity index (χ0n) is 6.03. The van der Waals surface area contributed by atoms with E-state index in [0.717, 1.165) is 0 Å². The van der Waals surface area contributed by atoms with E-state index in [2.05, 4.69) is 19.9 Å². The van der Waals surface area contributed by atoms with Crippen LogP contribution in [0, 0.1) is 0 Å². The molecule has 0 aromatic carbocycles. The molecule has 0 aliphatic heterocycles. The van der Waals surface area contributed by atoms with Gasteiger partial charge in [0.15, 0.2) is 5.52 Å². The highest BCUT2D eigenvalue weighted by Crippen LogP contribution is 2.04. The van der Waals surface area contributed by atoms with Crippen LogP contribution in [0.2, 0.25) is 0 Å². The topological polar surface area (TPSA) is 98.8 Å². The average molecular weight is 164 g/mol. The van der Waals surface area contributed by atoms with Crippen LogP contribution in [-0.2, 0) is 0 Å². The molecule has 2 aromatic rings. The molecule has 0 fully saturated rings. The monoisotopic (exact) mass is 164 g/mol. The van der Waals surface area contributed by atoms with E-state index in [9.17, 15) is 4.79 Å². The van der Waals surface area contributed by atoms with Crippen LogP contribution in [0.1, 0.15) is 0 Å². The first kappa shape index (κ1) is 6.71. The Morgan fingerprint density at radius 3 is 3.25 bits per heavy atom. The fraction of sp³-hybridized carbons (Fsp3) is 0. The largest absolute Gasteiger partial charge is 0.456 e. The summed E-state index contributed by atoms with van der Waals surface area (Å²) in [5, 5.41) is 0. The minimum Gasteiger partial charge on any atom is -0.383 e. The van der Waals surface area contributed by atoms with E-state index in [4.69, 9.17) is 5.73 Å². The normalized spacial score (nSPS) is 10.3. The summed E-state index contributed by atoms with van der Waals surface area (Å²) >= 11 is 0. The van der Waals surface area contributed by atoms with Gasteiger partial charge in [0.25, 0.3) is 0 Å². The van der Waals surface area contributed by atoms with Crippen molar-refractivity contribution in [3.05, 3.63) is 22.9 Å². The smallest absolute Gasteiger partial charge is 0.383 e. The molecule has 4 N–H and O–H groups in total. The van der Waals surface area contributed by atoms with Crippen LogP contribution in [0.5, 0.6) is 0 Å². The standard InChI is InChI=1S/C6H5N5O/c7-4-3-5(9-2-1-8-3)11-6(12)10-4/h1-2H,(H3,7,9,10,11,12)/p+1. The molecule has 6 nitrogen and oxygen atoms in total. The van der Waals surface area contributed by atoms with Crippen molar-refractivity contribution >= 4 is 17.0 Å². The number of nitrogen functional groups attached to an aromatic ring is 1. The lowest BCUT2D eigenvalue weighted by atomic mass is 10.5. The molecule has 0 saturated heterocycles. The summed E-state index contributed by atoms with van der Waals surface area (Å²) < 4.78 is 0. The van der Waals surface area contributed by atoms with Crippen LogP contribution < -0.4 is 16.4 Å². The molecule has 0 spiro atoms. The van der Waals surface area contributed by atoms with Gasteiger partial charge in [-0.05, 0) is 0 Å². The molecule has 6 heteroatoms. The predicted octanol–water partition coefficient (Wildman–Crippen LogP) is -1.29. The third-order valence-electron chi connectivity index (χ3n) is 1.43. The second-order valence-electron chi connectivity index (χ2n) is 2.24. The molecule has 0 amide bonds. The van der Waals surface area contributed by atoms with E-state index >= 15 is 0 Å². The lowest BCUT2D eigenvalue weighted by molar-refractivity contribution is -0.348. The van der Waals surface area contributed by atoms with Crippen molar-refractivity contribution in [1.82, 2.24) is 15.0 Å². The third-order valence-corrected chi connectivity index (χ3v) is 1.43. The quantitative estimate of drug-likeness (QED) is 0.506. The molecule has 0 unspecified atom stereocenters. The summed E-state index contributed by atoms with van der Waals surface area (Å²) in [6.07, 6.45) is 3.12. The summed E-state index contributed by atoms with van der Waals surface area (Å²) in [6, 6.07) is 0. The Labute approximate surface area is 66.5 Å². The Kier molecular flexibility index (Phi) is 1.26. The van der Waals surface area contributed by atoms with Crippen molar-refractivity contribution < 1.29 is 4.98 Å². The van der Waals surface area contributed by atoms with E-state index in [1.54, 1.807) is 12.4 Å². The molecule has 0 aliphatic carbocycles. The maximum Gasteiger partial charge on any atom is 0.456 e. The minimum atomic E-state index is -0.482. The van der Waals surface area contributed by atoms with Gasteiger partial charge in [-0.15, -0.1) is 0 Å². The van der Waals surface area contributed by atoms with Crippen molar-refractivity contribution in [2.75, 3.05) is 5.73 Å². The first-order chi connectivity index (χ1) is 5.77. The third kappa shape index (κ3) is 0.895. The SMILES string of the molecule is Nc1[nH]c(=O)nc2[nH+]ccnc12. The Hall–Kier alpha value is -1.98. The zero-order chi connectivity index (χ0) is 8.55. The van der Waals surface area contributed by atoms with Crippen LogP contribution in [0.4, 0.5) is 5.82 Å². The van der Waals surface area contributed by atoms with Gasteiger partial charge in [-0.2, -0.15) is 0 Å². The van der Waals surface area contributed by atoms with Crippen LogP contribution >= 0.6 is 0 Å². The summed E-state index contributed by atoms with van der Waals surface area (Å²) in [4.78, 5) is 23.5. The van der Waals surface area contributed by atoms with Crippen molar-refractivity contribution in [2.45, 2.75) is 0 Å². The second kappa shape index (κ2) is 2.26. The molecule has 0 aliphatic rings. The van der Waals surface area contributed by atoms with Crippen LogP contribution in [0.15, 0.2) is 17.2 Å². The van der Waals surface area contributed by atoms with E-state index < -0.39 is 5.69 Å². The summed E-state index contributed by atoms with van der Waals surface area (Å²) in [5.74, 6) is 0.224. The number of anilines is 1. The molecule has 0 radical (unpaired) electrons. The molecule has 60 valence electrons. The first-order valence-corrected chi connectivity index (χ1v) is 3.29. The molecule has 0 atom stereocenters. The van der Waals surface area contributed by atoms with Crippen molar-refractivity contribution in [2.24, 2.45) is 0 Å². The average Bonchev–Trinajstić information content (AvgIpc) is 2.04. The van der Waals surface area contributed by atoms with Crippen molar-refractivity contribution in [3.8, 4) is 0 Å². The van der Waals surface area contributed by atoms with Gasteiger partial charge >= 0.3 is 11.3 Å². The number of aromatic amines is 2. The number of hydrogen-bond acceptors (Lipinski definition) is 4. The Morgan fingerprint density at radius 1 is 1.58 bits per heavy atom. The highest BCUT2D eigenvalue weighted by molar-refractivity contribution is 5.77. The Balaban J connectivity index is 2.99. The number of H-pyrrole nitrogens is 2. The second-order valence-corrected chi connectivity index (χ2v) is 2.24. The van der Waals surface area contributed by atoms with Crippen molar-refractivity contribution in [3.63, 3.8) is 0 Å². The number of rotatable bonds is 0. The molecule has 2 heterocycles. The van der Waals surface area contributed by atoms with Gasteiger partial charge in [-0.3, -0.25) is 4.98 Å². The fourth-order valence-corrected chi connectivity index (χ4v) is 0.944. The number of nitrogens with two attached hydrogens (primary N) is 1. The highest BCUT2D eigenvalue weighted by atomic mass is 16.1. The summed E-state index contributed by atoms with van der Waals surface area (Å²) in [5.41, 5.74) is 5.85.